The topological polar surface area (TPSA) is 42.0 Å². The van der Waals surface area contributed by atoms with Crippen molar-refractivity contribution in [2.24, 2.45) is 0 Å². The third kappa shape index (κ3) is 1.40. The van der Waals surface area contributed by atoms with Gasteiger partial charge in [-0.15, -0.1) is 11.3 Å². The lowest BCUT2D eigenvalue weighted by molar-refractivity contribution is 0.111. The van der Waals surface area contributed by atoms with Crippen LogP contribution >= 0.6 is 11.3 Å². The van der Waals surface area contributed by atoms with Gasteiger partial charge in [-0.25, -0.2) is 4.98 Å². The average molecular weight is 182 g/mol. The van der Waals surface area contributed by atoms with E-state index in [0.717, 1.165) is 24.3 Å². The van der Waals surface area contributed by atoms with Gasteiger partial charge in [-0.05, 0) is 19.4 Å². The minimum atomic E-state index is 0.392. The molecule has 12 heavy (non-hydrogen) atoms. The van der Waals surface area contributed by atoms with E-state index in [1.54, 1.807) is 11.3 Å². The lowest BCUT2D eigenvalue weighted by Crippen LogP contribution is -2.12. The van der Waals surface area contributed by atoms with E-state index >= 15 is 0 Å². The molecule has 1 unspecified atom stereocenters. The maximum absolute atomic E-state index is 10.4. The Morgan fingerprint density at radius 2 is 2.67 bits per heavy atom. The SMILES string of the molecule is O=Cc1csc(C2CCCN2)n1. The predicted octanol–water partition coefficient (Wildman–Crippen LogP) is 1.38. The molecule has 0 bridgehead atoms. The molecule has 0 aliphatic carbocycles. The Balaban J connectivity index is 2.16. The third-order valence-electron chi connectivity index (χ3n) is 2.02. The Morgan fingerprint density at radius 1 is 1.75 bits per heavy atom. The van der Waals surface area contributed by atoms with Crippen molar-refractivity contribution in [2.75, 3.05) is 6.54 Å². The monoisotopic (exact) mass is 182 g/mol. The Hall–Kier alpha value is -0.740. The Kier molecular flexibility index (Phi) is 2.19. The van der Waals surface area contributed by atoms with Crippen LogP contribution in [-0.2, 0) is 0 Å². The summed E-state index contributed by atoms with van der Waals surface area (Å²) in [6.45, 7) is 1.07. The lowest BCUT2D eigenvalue weighted by Gasteiger charge is -2.03. The number of thiazole rings is 1. The standard InChI is InChI=1S/C8H10N2OS/c11-4-6-5-12-8(10-6)7-2-1-3-9-7/h4-5,7,9H,1-3H2. The number of rotatable bonds is 2. The number of aldehydes is 1. The Bertz CT molecular complexity index is 278. The quantitative estimate of drug-likeness (QED) is 0.702. The first-order chi connectivity index (χ1) is 5.90. The summed E-state index contributed by atoms with van der Waals surface area (Å²) in [5.74, 6) is 0. The fourth-order valence-corrected chi connectivity index (χ4v) is 2.28. The van der Waals surface area contributed by atoms with Crippen LogP contribution in [0.3, 0.4) is 0 Å². The van der Waals surface area contributed by atoms with E-state index in [1.807, 2.05) is 5.38 Å². The number of nitrogens with one attached hydrogen (secondary N) is 1. The molecule has 1 aromatic heterocycles. The molecular formula is C8H10N2OS. The van der Waals surface area contributed by atoms with Gasteiger partial charge in [-0.3, -0.25) is 4.79 Å². The zero-order valence-electron chi connectivity index (χ0n) is 6.62. The molecule has 1 aliphatic heterocycles. The van der Waals surface area contributed by atoms with Gasteiger partial charge in [0.25, 0.3) is 0 Å². The maximum atomic E-state index is 10.4. The summed E-state index contributed by atoms with van der Waals surface area (Å²) in [7, 11) is 0. The zero-order valence-corrected chi connectivity index (χ0v) is 7.43. The molecule has 3 nitrogen and oxygen atoms in total. The van der Waals surface area contributed by atoms with Crippen molar-refractivity contribution in [3.05, 3.63) is 16.1 Å². The van der Waals surface area contributed by atoms with Crippen LogP contribution in [0.5, 0.6) is 0 Å². The largest absolute Gasteiger partial charge is 0.308 e. The molecule has 1 N–H and O–H groups in total. The number of hydrogen-bond donors (Lipinski definition) is 1. The normalized spacial score (nSPS) is 22.8. The summed E-state index contributed by atoms with van der Waals surface area (Å²) in [4.78, 5) is 14.6. The van der Waals surface area contributed by atoms with E-state index < -0.39 is 0 Å². The van der Waals surface area contributed by atoms with Crippen LogP contribution in [0.15, 0.2) is 5.38 Å². The lowest BCUT2D eigenvalue weighted by atomic mass is 10.2. The van der Waals surface area contributed by atoms with Gasteiger partial charge in [0.05, 0.1) is 6.04 Å². The number of hydrogen-bond acceptors (Lipinski definition) is 4. The average Bonchev–Trinajstić information content (AvgIpc) is 2.75. The molecule has 0 spiro atoms. The maximum Gasteiger partial charge on any atom is 0.169 e. The van der Waals surface area contributed by atoms with E-state index in [4.69, 9.17) is 0 Å². The molecule has 0 amide bonds. The summed E-state index contributed by atoms with van der Waals surface area (Å²) in [6, 6.07) is 0.392. The highest BCUT2D eigenvalue weighted by Gasteiger charge is 2.18. The first kappa shape index (κ1) is 7.89. The molecule has 1 fully saturated rings. The van der Waals surface area contributed by atoms with Crippen LogP contribution in [0.25, 0.3) is 0 Å². The number of nitrogens with zero attached hydrogens (tertiary/aromatic N) is 1. The fraction of sp³-hybridized carbons (Fsp3) is 0.500. The zero-order chi connectivity index (χ0) is 8.39. The van der Waals surface area contributed by atoms with Crippen LogP contribution in [0.2, 0.25) is 0 Å². The van der Waals surface area contributed by atoms with Crippen molar-refractivity contribution in [3.63, 3.8) is 0 Å². The van der Waals surface area contributed by atoms with Gasteiger partial charge in [0, 0.05) is 5.38 Å². The van der Waals surface area contributed by atoms with Gasteiger partial charge in [-0.1, -0.05) is 0 Å². The summed E-state index contributed by atoms with van der Waals surface area (Å²) < 4.78 is 0. The van der Waals surface area contributed by atoms with E-state index in [-0.39, 0.29) is 0 Å². The van der Waals surface area contributed by atoms with Crippen LogP contribution in [0.4, 0.5) is 0 Å². The second-order valence-electron chi connectivity index (χ2n) is 2.88. The molecule has 0 radical (unpaired) electrons. The molecule has 0 aromatic carbocycles. The van der Waals surface area contributed by atoms with Gasteiger partial charge in [0.2, 0.25) is 0 Å². The van der Waals surface area contributed by atoms with Gasteiger partial charge in [-0.2, -0.15) is 0 Å². The van der Waals surface area contributed by atoms with Crippen molar-refractivity contribution in [1.82, 2.24) is 10.3 Å². The van der Waals surface area contributed by atoms with Crippen LogP contribution < -0.4 is 5.32 Å². The van der Waals surface area contributed by atoms with Crippen LogP contribution in [-0.4, -0.2) is 17.8 Å². The van der Waals surface area contributed by atoms with Crippen LogP contribution in [0, 0.1) is 0 Å². The highest BCUT2D eigenvalue weighted by Crippen LogP contribution is 2.25. The van der Waals surface area contributed by atoms with Crippen LogP contribution in [0.1, 0.15) is 34.4 Å². The Labute approximate surface area is 74.8 Å². The molecule has 0 saturated carbocycles. The van der Waals surface area contributed by atoms with Crippen molar-refractivity contribution in [3.8, 4) is 0 Å². The second kappa shape index (κ2) is 3.33. The number of aromatic nitrogens is 1. The summed E-state index contributed by atoms with van der Waals surface area (Å²) in [5, 5.41) is 6.20. The summed E-state index contributed by atoms with van der Waals surface area (Å²) in [6.07, 6.45) is 3.15. The van der Waals surface area contributed by atoms with E-state index in [1.165, 1.54) is 6.42 Å². The van der Waals surface area contributed by atoms with E-state index in [2.05, 4.69) is 10.3 Å². The summed E-state index contributed by atoms with van der Waals surface area (Å²) in [5.41, 5.74) is 0.559. The number of carbonyl (C=O) groups excluding carboxylic acids is 1. The first-order valence-corrected chi connectivity index (χ1v) is 4.92. The second-order valence-corrected chi connectivity index (χ2v) is 3.77. The van der Waals surface area contributed by atoms with Crippen molar-refractivity contribution < 1.29 is 4.79 Å². The van der Waals surface area contributed by atoms with Gasteiger partial charge >= 0.3 is 0 Å². The molecular weight excluding hydrogens is 172 g/mol. The molecule has 64 valence electrons. The Morgan fingerprint density at radius 3 is 3.25 bits per heavy atom. The van der Waals surface area contributed by atoms with Gasteiger partial charge in [0.15, 0.2) is 6.29 Å². The molecule has 1 atom stereocenters. The van der Waals surface area contributed by atoms with Gasteiger partial charge < -0.3 is 5.32 Å². The minimum absolute atomic E-state index is 0.392. The third-order valence-corrected chi connectivity index (χ3v) is 3.00. The van der Waals surface area contributed by atoms with Crippen molar-refractivity contribution in [1.29, 1.82) is 0 Å². The van der Waals surface area contributed by atoms with Crippen molar-refractivity contribution in [2.45, 2.75) is 18.9 Å². The molecule has 1 aliphatic rings. The minimum Gasteiger partial charge on any atom is -0.308 e. The molecule has 4 heteroatoms. The van der Waals surface area contributed by atoms with E-state index in [9.17, 15) is 4.79 Å². The highest BCUT2D eigenvalue weighted by atomic mass is 32.1. The highest BCUT2D eigenvalue weighted by molar-refractivity contribution is 7.09. The molecule has 1 aromatic rings. The predicted molar refractivity (Wildman–Crippen MR) is 47.5 cm³/mol. The van der Waals surface area contributed by atoms with Gasteiger partial charge in [0.1, 0.15) is 10.7 Å². The van der Waals surface area contributed by atoms with Crippen molar-refractivity contribution >= 4 is 17.6 Å². The molecule has 1 saturated heterocycles. The fourth-order valence-electron chi connectivity index (χ4n) is 1.41. The number of carbonyl (C=O) groups is 1. The smallest absolute Gasteiger partial charge is 0.169 e. The molecule has 2 heterocycles. The summed E-state index contributed by atoms with van der Waals surface area (Å²) >= 11 is 1.57. The first-order valence-electron chi connectivity index (χ1n) is 4.04. The van der Waals surface area contributed by atoms with E-state index in [0.29, 0.717) is 11.7 Å². The molecule has 2 rings (SSSR count).